The van der Waals surface area contributed by atoms with Crippen molar-refractivity contribution in [3.05, 3.63) is 48.7 Å². The minimum atomic E-state index is -4.54. The van der Waals surface area contributed by atoms with Crippen LogP contribution < -0.4 is 0 Å². The summed E-state index contributed by atoms with van der Waals surface area (Å²) >= 11 is 19.4. The number of aromatic nitrogens is 1. The molecule has 0 amide bonds. The van der Waals surface area contributed by atoms with E-state index in [1.165, 1.54) is 18.2 Å². The first-order chi connectivity index (χ1) is 9.20. The zero-order valence-electron chi connectivity index (χ0n) is 9.40. The van der Waals surface area contributed by atoms with Crippen LogP contribution in [0.15, 0.2) is 24.4 Å². The highest BCUT2D eigenvalue weighted by Crippen LogP contribution is 2.41. The van der Waals surface area contributed by atoms with Crippen molar-refractivity contribution >= 4 is 57.4 Å². The van der Waals surface area contributed by atoms with Gasteiger partial charge in [-0.25, -0.2) is 4.98 Å². The molecule has 0 atom stereocenters. The predicted molar refractivity (Wildman–Crippen MR) is 82.4 cm³/mol. The van der Waals surface area contributed by atoms with Gasteiger partial charge in [0.1, 0.15) is 3.70 Å². The Bertz CT molecular complexity index is 674. The zero-order valence-corrected chi connectivity index (χ0v) is 13.8. The first kappa shape index (κ1) is 16.1. The van der Waals surface area contributed by atoms with E-state index in [-0.39, 0.29) is 26.2 Å². The van der Waals surface area contributed by atoms with Crippen molar-refractivity contribution in [3.8, 4) is 11.1 Å². The normalized spacial score (nSPS) is 11.8. The van der Waals surface area contributed by atoms with Crippen molar-refractivity contribution in [3.63, 3.8) is 0 Å². The van der Waals surface area contributed by atoms with Crippen LogP contribution in [-0.4, -0.2) is 4.98 Å². The number of rotatable bonds is 1. The lowest BCUT2D eigenvalue weighted by Gasteiger charge is -2.14. The largest absolute Gasteiger partial charge is 0.418 e. The van der Waals surface area contributed by atoms with Crippen LogP contribution in [0, 0.1) is 3.70 Å². The molecule has 0 bridgehead atoms. The molecule has 0 spiro atoms. The summed E-state index contributed by atoms with van der Waals surface area (Å²) in [4.78, 5) is 3.67. The van der Waals surface area contributed by atoms with E-state index in [9.17, 15) is 13.2 Å². The van der Waals surface area contributed by atoms with Crippen molar-refractivity contribution in [2.24, 2.45) is 0 Å². The van der Waals surface area contributed by atoms with Crippen molar-refractivity contribution in [2.45, 2.75) is 6.18 Å². The Morgan fingerprint density at radius 2 is 1.50 bits per heavy atom. The van der Waals surface area contributed by atoms with Gasteiger partial charge in [-0.2, -0.15) is 13.2 Å². The van der Waals surface area contributed by atoms with Gasteiger partial charge in [0.25, 0.3) is 0 Å². The average molecular weight is 452 g/mol. The lowest BCUT2D eigenvalue weighted by molar-refractivity contribution is -0.137. The minimum Gasteiger partial charge on any atom is -0.250 e. The molecule has 2 rings (SSSR count). The quantitative estimate of drug-likeness (QED) is 0.280. The second kappa shape index (κ2) is 5.87. The topological polar surface area (TPSA) is 12.9 Å². The standard InChI is InChI=1S/C12H4Cl3F3IN/c13-8-3-10(15)9(14)1-6(8)5-2-11(19)20-4-7(5)12(16,17)18/h1-4H. The molecule has 106 valence electrons. The van der Waals surface area contributed by atoms with Crippen LogP contribution in [0.2, 0.25) is 15.1 Å². The third-order valence-corrected chi connectivity index (χ3v) is 4.10. The Morgan fingerprint density at radius 1 is 0.900 bits per heavy atom. The van der Waals surface area contributed by atoms with Gasteiger partial charge in [0, 0.05) is 16.8 Å². The molecule has 8 heteroatoms. The van der Waals surface area contributed by atoms with Gasteiger partial charge in [-0.05, 0) is 46.4 Å². The molecule has 2 aromatic rings. The van der Waals surface area contributed by atoms with E-state index in [0.717, 1.165) is 6.20 Å². The Hall–Kier alpha value is -0.240. The number of hydrogen-bond acceptors (Lipinski definition) is 1. The van der Waals surface area contributed by atoms with Gasteiger partial charge in [-0.15, -0.1) is 0 Å². The molecule has 20 heavy (non-hydrogen) atoms. The summed E-state index contributed by atoms with van der Waals surface area (Å²) in [7, 11) is 0. The Kier molecular flexibility index (Phi) is 4.73. The number of alkyl halides is 3. The third-order valence-electron chi connectivity index (χ3n) is 2.48. The molecule has 1 aromatic carbocycles. The van der Waals surface area contributed by atoms with Crippen LogP contribution in [0.3, 0.4) is 0 Å². The minimum absolute atomic E-state index is 0.0829. The maximum Gasteiger partial charge on any atom is 0.418 e. The summed E-state index contributed by atoms with van der Waals surface area (Å²) in [5.41, 5.74) is -0.799. The van der Waals surface area contributed by atoms with Crippen LogP contribution in [0.5, 0.6) is 0 Å². The molecule has 1 aromatic heterocycles. The molecular weight excluding hydrogens is 448 g/mol. The smallest absolute Gasteiger partial charge is 0.250 e. The van der Waals surface area contributed by atoms with Gasteiger partial charge in [-0.3, -0.25) is 0 Å². The lowest BCUT2D eigenvalue weighted by atomic mass is 10.0. The lowest BCUT2D eigenvalue weighted by Crippen LogP contribution is -2.08. The molecule has 0 aliphatic heterocycles. The third kappa shape index (κ3) is 3.32. The highest BCUT2D eigenvalue weighted by molar-refractivity contribution is 14.1. The van der Waals surface area contributed by atoms with Gasteiger partial charge in [-0.1, -0.05) is 34.8 Å². The molecule has 1 nitrogen and oxygen atoms in total. The summed E-state index contributed by atoms with van der Waals surface area (Å²) in [6, 6.07) is 3.93. The van der Waals surface area contributed by atoms with Crippen molar-refractivity contribution in [2.75, 3.05) is 0 Å². The molecular formula is C12H4Cl3F3IN. The summed E-state index contributed by atoms with van der Waals surface area (Å²) < 4.78 is 39.5. The first-order valence-electron chi connectivity index (χ1n) is 5.08. The number of nitrogens with zero attached hydrogens (tertiary/aromatic N) is 1. The molecule has 0 unspecified atom stereocenters. The number of benzene rings is 1. The average Bonchev–Trinajstić information content (AvgIpc) is 2.32. The maximum atomic E-state index is 13.0. The number of pyridine rings is 1. The zero-order chi connectivity index (χ0) is 15.1. The molecule has 0 aliphatic carbocycles. The first-order valence-corrected chi connectivity index (χ1v) is 7.29. The summed E-state index contributed by atoms with van der Waals surface area (Å²) in [6.45, 7) is 0. The summed E-state index contributed by atoms with van der Waals surface area (Å²) in [6.07, 6.45) is -3.77. The molecule has 0 radical (unpaired) electrons. The van der Waals surface area contributed by atoms with Crippen LogP contribution >= 0.6 is 57.4 Å². The highest BCUT2D eigenvalue weighted by atomic mass is 127. The van der Waals surface area contributed by atoms with E-state index in [1.807, 2.05) is 22.6 Å². The van der Waals surface area contributed by atoms with Crippen LogP contribution in [0.25, 0.3) is 11.1 Å². The Balaban J connectivity index is 2.75. The molecule has 0 saturated heterocycles. The number of halogens is 7. The van der Waals surface area contributed by atoms with Crippen molar-refractivity contribution in [1.29, 1.82) is 0 Å². The second-order valence-corrected chi connectivity index (χ2v) is 6.12. The molecule has 0 fully saturated rings. The second-order valence-electron chi connectivity index (χ2n) is 3.80. The Morgan fingerprint density at radius 3 is 2.10 bits per heavy atom. The fraction of sp³-hybridized carbons (Fsp3) is 0.0833. The van der Waals surface area contributed by atoms with E-state index in [4.69, 9.17) is 34.8 Å². The van der Waals surface area contributed by atoms with Gasteiger partial charge in [0.05, 0.1) is 15.6 Å². The van der Waals surface area contributed by atoms with Crippen LogP contribution in [-0.2, 0) is 6.18 Å². The van der Waals surface area contributed by atoms with E-state index >= 15 is 0 Å². The SMILES string of the molecule is FC(F)(F)c1cnc(I)cc1-c1cc(Cl)c(Cl)cc1Cl. The molecule has 1 heterocycles. The maximum absolute atomic E-state index is 13.0. The molecule has 0 saturated carbocycles. The monoisotopic (exact) mass is 451 g/mol. The van der Waals surface area contributed by atoms with Gasteiger partial charge in [0.15, 0.2) is 0 Å². The van der Waals surface area contributed by atoms with E-state index in [1.54, 1.807) is 0 Å². The fourth-order valence-electron chi connectivity index (χ4n) is 1.61. The molecule has 0 aliphatic rings. The van der Waals surface area contributed by atoms with E-state index in [0.29, 0.717) is 3.70 Å². The van der Waals surface area contributed by atoms with Crippen LogP contribution in [0.4, 0.5) is 13.2 Å². The van der Waals surface area contributed by atoms with E-state index < -0.39 is 11.7 Å². The van der Waals surface area contributed by atoms with Gasteiger partial charge < -0.3 is 0 Å². The van der Waals surface area contributed by atoms with Crippen LogP contribution in [0.1, 0.15) is 5.56 Å². The Labute approximate surface area is 141 Å². The highest BCUT2D eigenvalue weighted by Gasteiger charge is 2.34. The van der Waals surface area contributed by atoms with Gasteiger partial charge >= 0.3 is 6.18 Å². The van der Waals surface area contributed by atoms with E-state index in [2.05, 4.69) is 4.98 Å². The summed E-state index contributed by atoms with van der Waals surface area (Å²) in [5, 5.41) is 0.399. The number of hydrogen-bond donors (Lipinski definition) is 0. The fourth-order valence-corrected chi connectivity index (χ4v) is 2.71. The predicted octanol–water partition coefficient (Wildman–Crippen LogP) is 6.33. The molecule has 0 N–H and O–H groups in total. The van der Waals surface area contributed by atoms with Crippen molar-refractivity contribution < 1.29 is 13.2 Å². The van der Waals surface area contributed by atoms with Gasteiger partial charge in [0.2, 0.25) is 0 Å². The van der Waals surface area contributed by atoms with Crippen molar-refractivity contribution in [1.82, 2.24) is 4.98 Å². The summed E-state index contributed by atoms with van der Waals surface area (Å²) in [5.74, 6) is 0.